The van der Waals surface area contributed by atoms with E-state index in [0.29, 0.717) is 22.3 Å². The van der Waals surface area contributed by atoms with Crippen molar-refractivity contribution in [2.75, 3.05) is 12.0 Å². The Morgan fingerprint density at radius 3 is 2.23 bits per heavy atom. The van der Waals surface area contributed by atoms with Gasteiger partial charge in [-0.05, 0) is 54.2 Å². The number of nitrogens with zero attached hydrogens (tertiary/aromatic N) is 1. The van der Waals surface area contributed by atoms with Crippen LogP contribution in [0.3, 0.4) is 0 Å². The summed E-state index contributed by atoms with van der Waals surface area (Å²) < 4.78 is 5.51. The Hall–Kier alpha value is -6.29. The lowest BCUT2D eigenvalue weighted by molar-refractivity contribution is -0.135. The normalized spacial score (nSPS) is 26.6. The molecule has 2 fully saturated rings. The minimum Gasteiger partial charge on any atom is -0.507 e. The molecule has 4 aliphatic rings. The second kappa shape index (κ2) is 12.2. The van der Waals surface area contributed by atoms with Crippen LogP contribution in [0.25, 0.3) is 5.57 Å². The zero-order chi connectivity index (χ0) is 36.5. The van der Waals surface area contributed by atoms with Gasteiger partial charge >= 0.3 is 5.97 Å². The first-order chi connectivity index (χ1) is 25.1. The van der Waals surface area contributed by atoms with Crippen molar-refractivity contribution >= 4 is 40.6 Å². The third-order valence-electron chi connectivity index (χ3n) is 11.4. The van der Waals surface area contributed by atoms with Crippen molar-refractivity contribution in [1.29, 1.82) is 0 Å². The molecule has 1 saturated heterocycles. The predicted octanol–water partition coefficient (Wildman–Crippen LogP) is 5.83. The highest BCUT2D eigenvalue weighted by Gasteiger charge is 2.66. The van der Waals surface area contributed by atoms with Crippen LogP contribution in [0.5, 0.6) is 17.2 Å². The molecule has 0 aromatic heterocycles. The summed E-state index contributed by atoms with van der Waals surface area (Å²) in [5, 5.41) is 31.7. The van der Waals surface area contributed by atoms with Crippen LogP contribution in [0.1, 0.15) is 45.8 Å². The quantitative estimate of drug-likeness (QED) is 0.167. The fourth-order valence-electron chi connectivity index (χ4n) is 9.25. The van der Waals surface area contributed by atoms with E-state index < -0.39 is 58.5 Å². The lowest BCUT2D eigenvalue weighted by Gasteiger charge is -2.55. The van der Waals surface area contributed by atoms with Crippen molar-refractivity contribution in [1.82, 2.24) is 0 Å². The SMILES string of the molecule is COc1cccc(C2C3=CCC4C(=O)N(c5ccc(C(=O)O)c(O)c5)C(=O)C4C3CC3C(=O)C(c4ccccc4)=CC(=O)C32c2ccccc2)c1O. The van der Waals surface area contributed by atoms with Gasteiger partial charge in [-0.25, -0.2) is 9.69 Å². The molecule has 2 amide bonds. The Balaban J connectivity index is 1.35. The van der Waals surface area contributed by atoms with Gasteiger partial charge in [0.1, 0.15) is 11.3 Å². The molecule has 0 radical (unpaired) electrons. The van der Waals surface area contributed by atoms with Gasteiger partial charge in [-0.2, -0.15) is 0 Å². The van der Waals surface area contributed by atoms with Crippen molar-refractivity contribution in [2.45, 2.75) is 24.2 Å². The molecule has 8 rings (SSSR count). The number of carbonyl (C=O) groups is 5. The van der Waals surface area contributed by atoms with Crippen LogP contribution < -0.4 is 9.64 Å². The molecule has 1 heterocycles. The summed E-state index contributed by atoms with van der Waals surface area (Å²) in [6.07, 6.45) is 3.50. The Bertz CT molecular complexity index is 2260. The lowest BCUT2D eigenvalue weighted by atomic mass is 9.44. The molecule has 1 aliphatic heterocycles. The number of aromatic hydroxyl groups is 2. The van der Waals surface area contributed by atoms with Gasteiger partial charge in [0, 0.05) is 29.0 Å². The molecular formula is C42H33NO9. The predicted molar refractivity (Wildman–Crippen MR) is 189 cm³/mol. The second-order valence-electron chi connectivity index (χ2n) is 13.7. The summed E-state index contributed by atoms with van der Waals surface area (Å²) in [6.45, 7) is 0. The minimum absolute atomic E-state index is 0.0306. The highest BCUT2D eigenvalue weighted by atomic mass is 16.5. The number of aromatic carboxylic acids is 1. The molecular weight excluding hydrogens is 662 g/mol. The molecule has 0 spiro atoms. The number of para-hydroxylation sites is 1. The number of methoxy groups -OCH3 is 1. The van der Waals surface area contributed by atoms with Gasteiger partial charge in [0.15, 0.2) is 23.1 Å². The first-order valence-electron chi connectivity index (χ1n) is 17.0. The van der Waals surface area contributed by atoms with Gasteiger partial charge in [0.2, 0.25) is 11.8 Å². The number of hydrogen-bond donors (Lipinski definition) is 3. The minimum atomic E-state index is -1.53. The largest absolute Gasteiger partial charge is 0.507 e. The first kappa shape index (κ1) is 32.9. The highest BCUT2D eigenvalue weighted by Crippen LogP contribution is 2.65. The number of imide groups is 1. The number of carboxylic acids is 1. The van der Waals surface area contributed by atoms with Crippen LogP contribution in [0.15, 0.2) is 115 Å². The molecule has 6 atom stereocenters. The van der Waals surface area contributed by atoms with Crippen LogP contribution in [-0.4, -0.2) is 51.8 Å². The van der Waals surface area contributed by atoms with E-state index >= 15 is 9.59 Å². The number of allylic oxidation sites excluding steroid dienone is 4. The van der Waals surface area contributed by atoms with Gasteiger partial charge in [0.05, 0.1) is 30.0 Å². The summed E-state index contributed by atoms with van der Waals surface area (Å²) in [5.41, 5.74) is 0.548. The molecule has 1 saturated carbocycles. The lowest BCUT2D eigenvalue weighted by Crippen LogP contribution is -2.58. The number of carbonyl (C=O) groups excluding carboxylic acids is 4. The van der Waals surface area contributed by atoms with Crippen LogP contribution in [0.4, 0.5) is 5.69 Å². The summed E-state index contributed by atoms with van der Waals surface area (Å²) in [6, 6.07) is 26.5. The van der Waals surface area contributed by atoms with E-state index in [9.17, 15) is 29.7 Å². The maximum atomic E-state index is 15.1. The number of Topliss-reactive ketones (excluding diaryl/α,β-unsaturated/α-hetero) is 1. The molecule has 52 heavy (non-hydrogen) atoms. The number of phenolic OH excluding ortho intramolecular Hbond substituents is 1. The van der Waals surface area contributed by atoms with E-state index in [0.717, 1.165) is 17.0 Å². The smallest absolute Gasteiger partial charge is 0.339 e. The van der Waals surface area contributed by atoms with Crippen molar-refractivity contribution in [3.8, 4) is 17.2 Å². The van der Waals surface area contributed by atoms with E-state index in [4.69, 9.17) is 4.74 Å². The second-order valence-corrected chi connectivity index (χ2v) is 13.7. The molecule has 3 aliphatic carbocycles. The summed E-state index contributed by atoms with van der Waals surface area (Å²) in [7, 11) is 1.42. The molecule has 3 N–H and O–H groups in total. The number of ether oxygens (including phenoxy) is 1. The highest BCUT2D eigenvalue weighted by molar-refractivity contribution is 6.32. The monoisotopic (exact) mass is 695 g/mol. The van der Waals surface area contributed by atoms with Gasteiger partial charge < -0.3 is 20.1 Å². The maximum Gasteiger partial charge on any atom is 0.339 e. The topological polar surface area (TPSA) is 159 Å². The number of benzene rings is 4. The number of carboxylic acid groups (broad SMARTS) is 1. The van der Waals surface area contributed by atoms with Crippen molar-refractivity contribution in [3.63, 3.8) is 0 Å². The molecule has 4 aromatic rings. The molecule has 6 unspecified atom stereocenters. The van der Waals surface area contributed by atoms with Crippen LogP contribution in [0.2, 0.25) is 0 Å². The van der Waals surface area contributed by atoms with Crippen LogP contribution in [-0.2, 0) is 24.6 Å². The Morgan fingerprint density at radius 1 is 0.846 bits per heavy atom. The molecule has 260 valence electrons. The van der Waals surface area contributed by atoms with Gasteiger partial charge in [0.25, 0.3) is 0 Å². The fraction of sp³-hybridized carbons (Fsp3) is 0.214. The number of phenols is 2. The average Bonchev–Trinajstić information content (AvgIpc) is 3.41. The number of hydrogen-bond acceptors (Lipinski definition) is 8. The molecule has 10 heteroatoms. The number of fused-ring (bicyclic) bond motifs is 4. The third-order valence-corrected chi connectivity index (χ3v) is 11.4. The Labute approximate surface area is 298 Å². The van der Waals surface area contributed by atoms with Crippen molar-refractivity contribution in [2.24, 2.45) is 23.7 Å². The van der Waals surface area contributed by atoms with Crippen molar-refractivity contribution < 1.29 is 44.0 Å². The standard InChI is InChI=1S/C42H33NO9/c1-52-33-14-8-13-28(38(33)47)36-25-17-18-27-35(40(49)43(39(27)48)24-15-16-26(41(50)51)32(44)19-24)30(25)20-31-37(46)29(22-9-4-2-5-10-22)21-34(45)42(31,36)23-11-6-3-7-12-23/h2-17,19,21,27,30-31,35-36,44,47H,18,20H2,1H3,(H,50,51). The Kier molecular flexibility index (Phi) is 7.71. The molecule has 10 nitrogen and oxygen atoms in total. The maximum absolute atomic E-state index is 15.1. The van der Waals surface area contributed by atoms with Crippen LogP contribution in [0, 0.1) is 23.7 Å². The first-order valence-corrected chi connectivity index (χ1v) is 17.0. The number of rotatable bonds is 6. The van der Waals surface area contributed by atoms with E-state index in [1.165, 1.54) is 19.3 Å². The van der Waals surface area contributed by atoms with E-state index in [2.05, 4.69) is 0 Å². The summed E-state index contributed by atoms with van der Waals surface area (Å²) >= 11 is 0. The van der Waals surface area contributed by atoms with Gasteiger partial charge in [-0.15, -0.1) is 0 Å². The molecule has 4 aromatic carbocycles. The summed E-state index contributed by atoms with van der Waals surface area (Å²) in [5.74, 6) is -8.04. The fourth-order valence-corrected chi connectivity index (χ4v) is 9.25. The zero-order valence-corrected chi connectivity index (χ0v) is 27.9. The van der Waals surface area contributed by atoms with E-state index in [1.54, 1.807) is 54.6 Å². The zero-order valence-electron chi connectivity index (χ0n) is 27.9. The third kappa shape index (κ3) is 4.60. The van der Waals surface area contributed by atoms with E-state index in [1.807, 2.05) is 30.3 Å². The van der Waals surface area contributed by atoms with Crippen molar-refractivity contribution in [3.05, 3.63) is 137 Å². The number of ketones is 2. The Morgan fingerprint density at radius 2 is 1.56 bits per heavy atom. The van der Waals surface area contributed by atoms with Gasteiger partial charge in [-0.3, -0.25) is 19.2 Å². The molecule has 0 bridgehead atoms. The van der Waals surface area contributed by atoms with Crippen LogP contribution >= 0.6 is 0 Å². The van der Waals surface area contributed by atoms with E-state index in [-0.39, 0.29) is 52.7 Å². The average molecular weight is 696 g/mol. The summed E-state index contributed by atoms with van der Waals surface area (Å²) in [4.78, 5) is 71.3. The van der Waals surface area contributed by atoms with Gasteiger partial charge in [-0.1, -0.05) is 84.4 Å². The number of anilines is 1. The number of amides is 2.